The van der Waals surface area contributed by atoms with Gasteiger partial charge in [0.05, 0.1) is 5.71 Å². The molecule has 0 aliphatic rings. The first kappa shape index (κ1) is 32.9. The van der Waals surface area contributed by atoms with Gasteiger partial charge in [0.25, 0.3) is 0 Å². The zero-order valence-corrected chi connectivity index (χ0v) is 26.3. The summed E-state index contributed by atoms with van der Waals surface area (Å²) in [6.07, 6.45) is 0.583. The topological polar surface area (TPSA) is 96.9 Å². The maximum atomic E-state index is 13.9. The Labute approximate surface area is 265 Å². The monoisotopic (exact) mass is 603 g/mol. The second kappa shape index (κ2) is 15.6. The van der Waals surface area contributed by atoms with E-state index in [1.807, 2.05) is 121 Å². The summed E-state index contributed by atoms with van der Waals surface area (Å²) in [5, 5.41) is 5.66. The molecule has 3 atom stereocenters. The van der Waals surface area contributed by atoms with Crippen LogP contribution in [0.15, 0.2) is 126 Å². The second-order valence-corrected chi connectivity index (χ2v) is 11.9. The normalized spacial score (nSPS) is 13.1. The van der Waals surface area contributed by atoms with Gasteiger partial charge < -0.3 is 15.4 Å². The zero-order chi connectivity index (χ0) is 32.2. The van der Waals surface area contributed by atoms with E-state index in [2.05, 4.69) is 10.6 Å². The van der Waals surface area contributed by atoms with Crippen molar-refractivity contribution < 1.29 is 19.1 Å². The SMILES string of the molecule is C[C@H](NC(=O)[C@H](Cc1ccccc1)N=C(c1ccccc1)c1ccccc1)C(=O)N[C@@H](Cc1ccccc1)C(=O)OC(C)(C)C. The molecule has 0 radical (unpaired) electrons. The van der Waals surface area contributed by atoms with E-state index in [1.165, 1.54) is 0 Å². The number of carbonyl (C=O) groups is 3. The molecule has 45 heavy (non-hydrogen) atoms. The third-order valence-corrected chi connectivity index (χ3v) is 7.00. The maximum Gasteiger partial charge on any atom is 0.329 e. The number of benzene rings is 4. The molecule has 0 heterocycles. The summed E-state index contributed by atoms with van der Waals surface area (Å²) in [5.41, 5.74) is 3.51. The van der Waals surface area contributed by atoms with Gasteiger partial charge in [-0.3, -0.25) is 14.6 Å². The van der Waals surface area contributed by atoms with Crippen molar-refractivity contribution in [1.82, 2.24) is 10.6 Å². The highest BCUT2D eigenvalue weighted by Crippen LogP contribution is 2.16. The highest BCUT2D eigenvalue weighted by atomic mass is 16.6. The van der Waals surface area contributed by atoms with Gasteiger partial charge in [0.1, 0.15) is 23.7 Å². The third-order valence-electron chi connectivity index (χ3n) is 7.00. The molecule has 2 amide bonds. The van der Waals surface area contributed by atoms with Gasteiger partial charge in [0, 0.05) is 24.0 Å². The van der Waals surface area contributed by atoms with Crippen LogP contribution in [0.5, 0.6) is 0 Å². The lowest BCUT2D eigenvalue weighted by molar-refractivity contribution is -0.158. The first-order chi connectivity index (χ1) is 21.6. The van der Waals surface area contributed by atoms with Crippen LogP contribution in [0.2, 0.25) is 0 Å². The Morgan fingerprint density at radius 1 is 0.644 bits per heavy atom. The number of amides is 2. The summed E-state index contributed by atoms with van der Waals surface area (Å²) in [4.78, 5) is 45.4. The van der Waals surface area contributed by atoms with E-state index in [4.69, 9.17) is 9.73 Å². The molecule has 232 valence electrons. The average Bonchev–Trinajstić information content (AvgIpc) is 3.03. The van der Waals surface area contributed by atoms with Gasteiger partial charge in [-0.15, -0.1) is 0 Å². The smallest absolute Gasteiger partial charge is 0.329 e. The van der Waals surface area contributed by atoms with E-state index in [9.17, 15) is 14.4 Å². The summed E-state index contributed by atoms with van der Waals surface area (Å²) in [6.45, 7) is 6.94. The fourth-order valence-electron chi connectivity index (χ4n) is 4.79. The number of esters is 1. The lowest BCUT2D eigenvalue weighted by atomic mass is 10.00. The molecule has 0 spiro atoms. The van der Waals surface area contributed by atoms with Crippen LogP contribution in [0.25, 0.3) is 0 Å². The van der Waals surface area contributed by atoms with Gasteiger partial charge in [-0.2, -0.15) is 0 Å². The fraction of sp³-hybridized carbons (Fsp3) is 0.263. The molecule has 0 aliphatic carbocycles. The van der Waals surface area contributed by atoms with Crippen LogP contribution >= 0.6 is 0 Å². The van der Waals surface area contributed by atoms with Crippen LogP contribution in [-0.2, 0) is 32.0 Å². The zero-order valence-electron chi connectivity index (χ0n) is 26.3. The molecule has 0 fully saturated rings. The number of nitrogens with zero attached hydrogens (tertiary/aromatic N) is 1. The number of nitrogens with one attached hydrogen (secondary N) is 2. The first-order valence-corrected chi connectivity index (χ1v) is 15.2. The van der Waals surface area contributed by atoms with Crippen LogP contribution in [0.1, 0.15) is 49.9 Å². The molecule has 4 rings (SSSR count). The first-order valence-electron chi connectivity index (χ1n) is 15.2. The molecule has 4 aromatic carbocycles. The van der Waals surface area contributed by atoms with E-state index < -0.39 is 41.5 Å². The van der Waals surface area contributed by atoms with Crippen molar-refractivity contribution in [3.8, 4) is 0 Å². The number of rotatable bonds is 12. The quantitative estimate of drug-likeness (QED) is 0.160. The Hall–Kier alpha value is -5.04. The van der Waals surface area contributed by atoms with Crippen LogP contribution < -0.4 is 10.6 Å². The third kappa shape index (κ3) is 10.3. The molecule has 0 saturated heterocycles. The van der Waals surface area contributed by atoms with Gasteiger partial charge in [-0.25, -0.2) is 4.79 Å². The fourth-order valence-corrected chi connectivity index (χ4v) is 4.79. The van der Waals surface area contributed by atoms with Crippen molar-refractivity contribution in [2.24, 2.45) is 4.99 Å². The molecule has 7 heteroatoms. The van der Waals surface area contributed by atoms with Gasteiger partial charge in [-0.1, -0.05) is 121 Å². The molecule has 0 unspecified atom stereocenters. The van der Waals surface area contributed by atoms with Gasteiger partial charge in [0.2, 0.25) is 11.8 Å². The molecular weight excluding hydrogens is 562 g/mol. The van der Waals surface area contributed by atoms with Gasteiger partial charge in [-0.05, 0) is 38.8 Å². The number of hydrogen-bond acceptors (Lipinski definition) is 5. The second-order valence-electron chi connectivity index (χ2n) is 11.9. The molecule has 4 aromatic rings. The number of carbonyl (C=O) groups excluding carboxylic acids is 3. The van der Waals surface area contributed by atoms with E-state index >= 15 is 0 Å². The summed E-state index contributed by atoms with van der Waals surface area (Å²) in [5.74, 6) is -1.44. The van der Waals surface area contributed by atoms with E-state index in [-0.39, 0.29) is 6.42 Å². The molecule has 0 aromatic heterocycles. The van der Waals surface area contributed by atoms with Crippen LogP contribution in [0.3, 0.4) is 0 Å². The Morgan fingerprint density at radius 3 is 1.56 bits per heavy atom. The highest BCUT2D eigenvalue weighted by Gasteiger charge is 2.30. The lowest BCUT2D eigenvalue weighted by Crippen LogP contribution is -2.53. The van der Waals surface area contributed by atoms with Crippen LogP contribution in [0, 0.1) is 0 Å². The van der Waals surface area contributed by atoms with E-state index in [0.29, 0.717) is 12.1 Å². The molecule has 7 nitrogen and oxygen atoms in total. The summed E-state index contributed by atoms with van der Waals surface area (Å²) in [6, 6.07) is 35.8. The van der Waals surface area contributed by atoms with Crippen molar-refractivity contribution in [2.75, 3.05) is 0 Å². The maximum absolute atomic E-state index is 13.9. The molecule has 0 bridgehead atoms. The van der Waals surface area contributed by atoms with Crippen LogP contribution in [0.4, 0.5) is 0 Å². The van der Waals surface area contributed by atoms with Crippen molar-refractivity contribution in [3.05, 3.63) is 144 Å². The Balaban J connectivity index is 1.58. The predicted octanol–water partition coefficient (Wildman–Crippen LogP) is 5.71. The minimum atomic E-state index is -0.941. The largest absolute Gasteiger partial charge is 0.458 e. The molecular formula is C38H41N3O4. The Morgan fingerprint density at radius 2 is 1.09 bits per heavy atom. The van der Waals surface area contributed by atoms with Crippen molar-refractivity contribution in [3.63, 3.8) is 0 Å². The molecule has 0 aliphatic heterocycles. The Kier molecular flexibility index (Phi) is 11.4. The van der Waals surface area contributed by atoms with Crippen molar-refractivity contribution >= 4 is 23.5 Å². The van der Waals surface area contributed by atoms with Gasteiger partial charge >= 0.3 is 5.97 Å². The van der Waals surface area contributed by atoms with Crippen molar-refractivity contribution in [1.29, 1.82) is 0 Å². The van der Waals surface area contributed by atoms with E-state index in [0.717, 1.165) is 22.3 Å². The minimum Gasteiger partial charge on any atom is -0.458 e. The average molecular weight is 604 g/mol. The lowest BCUT2D eigenvalue weighted by Gasteiger charge is -2.26. The molecule has 0 saturated carbocycles. The number of hydrogen-bond donors (Lipinski definition) is 2. The minimum absolute atomic E-state index is 0.251. The molecule has 2 N–H and O–H groups in total. The summed E-state index contributed by atoms with van der Waals surface area (Å²) >= 11 is 0. The number of aliphatic imine (C=N–C) groups is 1. The van der Waals surface area contributed by atoms with E-state index in [1.54, 1.807) is 27.7 Å². The summed E-state index contributed by atoms with van der Waals surface area (Å²) in [7, 11) is 0. The highest BCUT2D eigenvalue weighted by molar-refractivity contribution is 6.13. The number of ether oxygens (including phenoxy) is 1. The Bertz CT molecular complexity index is 1530. The van der Waals surface area contributed by atoms with Gasteiger partial charge in [0.15, 0.2) is 0 Å². The standard InChI is InChI=1S/C38H41N3O4/c1-27(35(42)41-33(37(44)45-38(2,3)4)26-29-19-11-6-12-20-29)39-36(43)32(25-28-17-9-5-10-18-28)40-34(30-21-13-7-14-22-30)31-23-15-8-16-24-31/h5-24,27,32-33H,25-26H2,1-4H3,(H,39,43)(H,41,42)/t27-,32-,33-/m0/s1. The van der Waals surface area contributed by atoms with Crippen molar-refractivity contribution in [2.45, 2.75) is 64.3 Å². The van der Waals surface area contributed by atoms with Crippen LogP contribution in [-0.4, -0.2) is 47.2 Å². The summed E-state index contributed by atoms with van der Waals surface area (Å²) < 4.78 is 5.61. The predicted molar refractivity (Wildman–Crippen MR) is 178 cm³/mol.